The lowest BCUT2D eigenvalue weighted by Gasteiger charge is -2.11. The molecule has 1 saturated heterocycles. The van der Waals surface area contributed by atoms with Gasteiger partial charge in [-0.3, -0.25) is 4.79 Å². The molecule has 6 heteroatoms. The fraction of sp³-hybridized carbons (Fsp3) is 0.692. The number of nitrogens with zero attached hydrogens (tertiary/aromatic N) is 1. The molecule has 2 rings (SSSR count). The predicted molar refractivity (Wildman–Crippen MR) is 75.4 cm³/mol. The van der Waals surface area contributed by atoms with Gasteiger partial charge in [-0.2, -0.15) is 0 Å². The van der Waals surface area contributed by atoms with Crippen LogP contribution in [0.3, 0.4) is 0 Å². The zero-order valence-corrected chi connectivity index (χ0v) is 12.3. The number of rotatable bonds is 5. The summed E-state index contributed by atoms with van der Waals surface area (Å²) in [5.41, 5.74) is 2.00. The highest BCUT2D eigenvalue weighted by Gasteiger charge is 2.22. The number of aryl methyl sites for hydroxylation is 2. The minimum Gasteiger partial charge on any atom is -0.361 e. The Balaban J connectivity index is 0.00000180. The third-order valence-electron chi connectivity index (χ3n) is 3.42. The van der Waals surface area contributed by atoms with Crippen LogP contribution >= 0.6 is 12.4 Å². The largest absolute Gasteiger partial charge is 0.361 e. The van der Waals surface area contributed by atoms with E-state index in [0.717, 1.165) is 49.2 Å². The van der Waals surface area contributed by atoms with Crippen molar-refractivity contribution in [2.75, 3.05) is 6.54 Å². The first-order valence-corrected chi connectivity index (χ1v) is 6.73. The lowest BCUT2D eigenvalue weighted by molar-refractivity contribution is -0.122. The minimum atomic E-state index is -0.0278. The summed E-state index contributed by atoms with van der Waals surface area (Å²) in [6.07, 6.45) is 3.64. The van der Waals surface area contributed by atoms with Crippen molar-refractivity contribution >= 4 is 18.3 Å². The molecule has 2 N–H and O–H groups in total. The van der Waals surface area contributed by atoms with Gasteiger partial charge in [0.25, 0.3) is 0 Å². The molecule has 0 spiro atoms. The second kappa shape index (κ2) is 7.50. The van der Waals surface area contributed by atoms with Gasteiger partial charge in [-0.15, -0.1) is 12.4 Å². The van der Waals surface area contributed by atoms with Crippen molar-refractivity contribution in [3.63, 3.8) is 0 Å². The normalized spacial score (nSPS) is 18.1. The maximum absolute atomic E-state index is 11.9. The van der Waals surface area contributed by atoms with Crippen molar-refractivity contribution in [1.82, 2.24) is 15.8 Å². The lowest BCUT2D eigenvalue weighted by atomic mass is 10.1. The molecule has 1 amide bonds. The number of amides is 1. The molecule has 108 valence electrons. The van der Waals surface area contributed by atoms with E-state index < -0.39 is 0 Å². The van der Waals surface area contributed by atoms with Gasteiger partial charge in [0.1, 0.15) is 5.76 Å². The Kier molecular flexibility index (Phi) is 6.31. The van der Waals surface area contributed by atoms with E-state index in [9.17, 15) is 4.79 Å². The second-order valence-corrected chi connectivity index (χ2v) is 4.60. The van der Waals surface area contributed by atoms with Crippen LogP contribution < -0.4 is 10.6 Å². The van der Waals surface area contributed by atoms with Crippen LogP contribution in [0, 0.1) is 0 Å². The SMILES string of the molecule is CCc1noc(CC)c1CNC(=O)C1CCCN1.Cl. The summed E-state index contributed by atoms with van der Waals surface area (Å²) in [5, 5.41) is 10.2. The molecule has 0 bridgehead atoms. The average Bonchev–Trinajstić information content (AvgIpc) is 3.04. The molecule has 1 aliphatic heterocycles. The van der Waals surface area contributed by atoms with E-state index in [1.165, 1.54) is 0 Å². The van der Waals surface area contributed by atoms with Crippen molar-refractivity contribution in [1.29, 1.82) is 0 Å². The number of carbonyl (C=O) groups is 1. The van der Waals surface area contributed by atoms with Gasteiger partial charge in [0.2, 0.25) is 5.91 Å². The molecule has 5 nitrogen and oxygen atoms in total. The highest BCUT2D eigenvalue weighted by atomic mass is 35.5. The second-order valence-electron chi connectivity index (χ2n) is 4.60. The summed E-state index contributed by atoms with van der Waals surface area (Å²) in [5.74, 6) is 0.962. The fourth-order valence-corrected chi connectivity index (χ4v) is 2.34. The number of aromatic nitrogens is 1. The molecule has 1 aromatic heterocycles. The van der Waals surface area contributed by atoms with Gasteiger partial charge in [-0.25, -0.2) is 0 Å². The van der Waals surface area contributed by atoms with Gasteiger partial charge in [-0.1, -0.05) is 19.0 Å². The van der Waals surface area contributed by atoms with Crippen molar-refractivity contribution in [2.45, 2.75) is 52.1 Å². The monoisotopic (exact) mass is 287 g/mol. The summed E-state index contributed by atoms with van der Waals surface area (Å²) >= 11 is 0. The third-order valence-corrected chi connectivity index (χ3v) is 3.42. The van der Waals surface area contributed by atoms with Crippen LogP contribution in [0.1, 0.15) is 43.7 Å². The lowest BCUT2D eigenvalue weighted by Crippen LogP contribution is -2.40. The van der Waals surface area contributed by atoms with Gasteiger partial charge in [0.05, 0.1) is 11.7 Å². The Morgan fingerprint density at radius 2 is 2.26 bits per heavy atom. The van der Waals surface area contributed by atoms with Crippen LogP contribution in [-0.2, 0) is 24.2 Å². The maximum Gasteiger partial charge on any atom is 0.237 e. The Morgan fingerprint density at radius 3 is 2.84 bits per heavy atom. The average molecular weight is 288 g/mol. The van der Waals surface area contributed by atoms with Crippen molar-refractivity contribution in [3.05, 3.63) is 17.0 Å². The van der Waals surface area contributed by atoms with Gasteiger partial charge < -0.3 is 15.2 Å². The first-order valence-electron chi connectivity index (χ1n) is 6.73. The maximum atomic E-state index is 11.9. The van der Waals surface area contributed by atoms with Crippen molar-refractivity contribution < 1.29 is 9.32 Å². The molecule has 0 saturated carbocycles. The van der Waals surface area contributed by atoms with E-state index in [1.807, 2.05) is 13.8 Å². The molecule has 1 unspecified atom stereocenters. The van der Waals surface area contributed by atoms with E-state index in [2.05, 4.69) is 15.8 Å². The van der Waals surface area contributed by atoms with Crippen LogP contribution in [0.5, 0.6) is 0 Å². The molecule has 1 fully saturated rings. The molecular formula is C13H22ClN3O2. The summed E-state index contributed by atoms with van der Waals surface area (Å²) < 4.78 is 5.28. The van der Waals surface area contributed by atoms with E-state index in [4.69, 9.17) is 4.52 Å². The Hall–Kier alpha value is -1.07. The first kappa shape index (κ1) is 16.0. The van der Waals surface area contributed by atoms with Crippen LogP contribution in [0.15, 0.2) is 4.52 Å². The molecule has 1 atom stereocenters. The molecule has 1 aromatic rings. The quantitative estimate of drug-likeness (QED) is 0.863. The predicted octanol–water partition coefficient (Wildman–Crippen LogP) is 1.59. The Labute approximate surface area is 119 Å². The van der Waals surface area contributed by atoms with Gasteiger partial charge in [-0.05, 0) is 25.8 Å². The molecule has 0 aromatic carbocycles. The van der Waals surface area contributed by atoms with Crippen molar-refractivity contribution in [3.8, 4) is 0 Å². The van der Waals surface area contributed by atoms with E-state index in [0.29, 0.717) is 6.54 Å². The molecule has 2 heterocycles. The number of carbonyl (C=O) groups excluding carboxylic acids is 1. The number of hydrogen-bond donors (Lipinski definition) is 2. The van der Waals surface area contributed by atoms with Crippen molar-refractivity contribution in [2.24, 2.45) is 0 Å². The van der Waals surface area contributed by atoms with E-state index in [1.54, 1.807) is 0 Å². The molecular weight excluding hydrogens is 266 g/mol. The first-order chi connectivity index (χ1) is 8.76. The third kappa shape index (κ3) is 3.70. The van der Waals surface area contributed by atoms with E-state index >= 15 is 0 Å². The van der Waals surface area contributed by atoms with Crippen LogP contribution in [-0.4, -0.2) is 23.7 Å². The topological polar surface area (TPSA) is 67.2 Å². The summed E-state index contributed by atoms with van der Waals surface area (Å²) in [4.78, 5) is 11.9. The molecule has 0 radical (unpaired) electrons. The van der Waals surface area contributed by atoms with Crippen LogP contribution in [0.4, 0.5) is 0 Å². The molecule has 19 heavy (non-hydrogen) atoms. The fourth-order valence-electron chi connectivity index (χ4n) is 2.34. The van der Waals surface area contributed by atoms with Crippen LogP contribution in [0.25, 0.3) is 0 Å². The molecule has 0 aliphatic carbocycles. The zero-order valence-electron chi connectivity index (χ0n) is 11.5. The van der Waals surface area contributed by atoms with E-state index in [-0.39, 0.29) is 24.4 Å². The standard InChI is InChI=1S/C13H21N3O2.ClH/c1-3-10-9(12(4-2)18-16-10)8-15-13(17)11-6-5-7-14-11;/h11,14H,3-8H2,1-2H3,(H,15,17);1H. The molecule has 1 aliphatic rings. The van der Waals surface area contributed by atoms with Crippen LogP contribution in [0.2, 0.25) is 0 Å². The highest BCUT2D eigenvalue weighted by Crippen LogP contribution is 2.15. The Morgan fingerprint density at radius 1 is 1.47 bits per heavy atom. The zero-order chi connectivity index (χ0) is 13.0. The summed E-state index contributed by atoms with van der Waals surface area (Å²) in [6.45, 7) is 5.53. The minimum absolute atomic E-state index is 0. The number of hydrogen-bond acceptors (Lipinski definition) is 4. The number of halogens is 1. The van der Waals surface area contributed by atoms with Gasteiger partial charge in [0, 0.05) is 18.5 Å². The Bertz CT molecular complexity index is 393. The smallest absolute Gasteiger partial charge is 0.237 e. The number of nitrogens with one attached hydrogen (secondary N) is 2. The summed E-state index contributed by atoms with van der Waals surface area (Å²) in [7, 11) is 0. The van der Waals surface area contributed by atoms with Gasteiger partial charge in [0.15, 0.2) is 0 Å². The van der Waals surface area contributed by atoms with Gasteiger partial charge >= 0.3 is 0 Å². The summed E-state index contributed by atoms with van der Waals surface area (Å²) in [6, 6.07) is -0.0278. The highest BCUT2D eigenvalue weighted by molar-refractivity contribution is 5.85.